The topological polar surface area (TPSA) is 55.4 Å². The van der Waals surface area contributed by atoms with E-state index in [-0.39, 0.29) is 11.5 Å². The summed E-state index contributed by atoms with van der Waals surface area (Å²) in [7, 11) is -2.87. The van der Waals surface area contributed by atoms with Crippen molar-refractivity contribution in [2.75, 3.05) is 23.4 Å². The fraction of sp³-hybridized carbons (Fsp3) is 0.538. The Balaban J connectivity index is 1.86. The molecule has 0 spiro atoms. The van der Waals surface area contributed by atoms with E-state index in [9.17, 15) is 8.42 Å². The molecule has 0 saturated carbocycles. The lowest BCUT2D eigenvalue weighted by Gasteiger charge is -2.38. The van der Waals surface area contributed by atoms with Crippen molar-refractivity contribution in [3.8, 4) is 5.75 Å². The molecule has 4 nitrogen and oxygen atoms in total. The predicted octanol–water partition coefficient (Wildman–Crippen LogP) is 1.61. The van der Waals surface area contributed by atoms with Crippen LogP contribution in [0.25, 0.3) is 0 Å². The van der Waals surface area contributed by atoms with Crippen LogP contribution in [-0.4, -0.2) is 32.1 Å². The molecule has 1 aromatic carbocycles. The number of fused-ring (bicyclic) bond motifs is 1. The zero-order valence-electron chi connectivity index (χ0n) is 10.4. The molecule has 0 aromatic heterocycles. The molecule has 0 aliphatic carbocycles. The van der Waals surface area contributed by atoms with Crippen LogP contribution in [0.5, 0.6) is 5.75 Å². The molecule has 2 aliphatic heterocycles. The van der Waals surface area contributed by atoms with Gasteiger partial charge in [0.05, 0.1) is 11.5 Å². The van der Waals surface area contributed by atoms with Gasteiger partial charge >= 0.3 is 0 Å². The van der Waals surface area contributed by atoms with Crippen molar-refractivity contribution in [1.82, 2.24) is 0 Å². The average molecular weight is 267 g/mol. The van der Waals surface area contributed by atoms with Gasteiger partial charge in [0.2, 0.25) is 0 Å². The number of hydrogen-bond acceptors (Lipinski definition) is 4. The monoisotopic (exact) mass is 267 g/mol. The highest BCUT2D eigenvalue weighted by Crippen LogP contribution is 2.36. The van der Waals surface area contributed by atoms with E-state index in [0.717, 1.165) is 30.8 Å². The minimum absolute atomic E-state index is 0.122. The standard InChI is InChI=1S/C13H17NO3S/c1-13(8-18(15,16)9-13)17-12-6-2-5-11-10(12)4-3-7-14-11/h2,5-6,14H,3-4,7-9H2,1H3. The maximum absolute atomic E-state index is 11.3. The van der Waals surface area contributed by atoms with Crippen molar-refractivity contribution in [3.63, 3.8) is 0 Å². The maximum Gasteiger partial charge on any atom is 0.158 e. The molecule has 98 valence electrons. The first-order valence-corrected chi connectivity index (χ1v) is 8.05. The minimum atomic E-state index is -2.87. The van der Waals surface area contributed by atoms with Gasteiger partial charge in [-0.05, 0) is 31.9 Å². The summed E-state index contributed by atoms with van der Waals surface area (Å²) in [5, 5.41) is 3.34. The second kappa shape index (κ2) is 3.88. The van der Waals surface area contributed by atoms with E-state index >= 15 is 0 Å². The summed E-state index contributed by atoms with van der Waals surface area (Å²) < 4.78 is 28.5. The summed E-state index contributed by atoms with van der Waals surface area (Å²) in [6, 6.07) is 5.92. The van der Waals surface area contributed by atoms with Gasteiger partial charge in [0.1, 0.15) is 11.4 Å². The second-order valence-corrected chi connectivity index (χ2v) is 7.46. The molecule has 2 heterocycles. The zero-order valence-corrected chi connectivity index (χ0v) is 11.2. The molecule has 2 aliphatic rings. The molecule has 1 aromatic rings. The van der Waals surface area contributed by atoms with E-state index in [1.807, 2.05) is 25.1 Å². The Labute approximate surface area is 107 Å². The summed E-state index contributed by atoms with van der Waals surface area (Å²) in [5.41, 5.74) is 1.74. The Bertz CT molecular complexity index is 568. The highest BCUT2D eigenvalue weighted by atomic mass is 32.2. The van der Waals surface area contributed by atoms with E-state index in [2.05, 4.69) is 5.32 Å². The second-order valence-electron chi connectivity index (χ2n) is 5.40. The van der Waals surface area contributed by atoms with Crippen LogP contribution in [0.3, 0.4) is 0 Å². The molecular formula is C13H17NO3S. The van der Waals surface area contributed by atoms with Crippen LogP contribution < -0.4 is 10.1 Å². The number of rotatable bonds is 2. The van der Waals surface area contributed by atoms with Crippen molar-refractivity contribution in [2.45, 2.75) is 25.4 Å². The number of nitrogens with one attached hydrogen (secondary N) is 1. The molecule has 0 unspecified atom stereocenters. The number of anilines is 1. The van der Waals surface area contributed by atoms with Gasteiger partial charge in [0, 0.05) is 17.8 Å². The first kappa shape index (κ1) is 11.8. The number of benzene rings is 1. The molecule has 5 heteroatoms. The normalized spacial score (nSPS) is 23.4. The van der Waals surface area contributed by atoms with Crippen molar-refractivity contribution in [3.05, 3.63) is 23.8 Å². The predicted molar refractivity (Wildman–Crippen MR) is 70.9 cm³/mol. The first-order valence-electron chi connectivity index (χ1n) is 6.23. The van der Waals surface area contributed by atoms with Gasteiger partial charge in [-0.15, -0.1) is 0 Å². The third-order valence-electron chi connectivity index (χ3n) is 3.46. The Morgan fingerprint density at radius 3 is 2.83 bits per heavy atom. The largest absolute Gasteiger partial charge is 0.485 e. The van der Waals surface area contributed by atoms with Crippen molar-refractivity contribution in [1.29, 1.82) is 0 Å². The quantitative estimate of drug-likeness (QED) is 0.884. The smallest absolute Gasteiger partial charge is 0.158 e. The van der Waals surface area contributed by atoms with Crippen molar-refractivity contribution < 1.29 is 13.2 Å². The molecular weight excluding hydrogens is 250 g/mol. The average Bonchev–Trinajstić information content (AvgIpc) is 2.26. The highest BCUT2D eigenvalue weighted by Gasteiger charge is 2.47. The Kier molecular flexibility index (Phi) is 2.55. The molecule has 1 N–H and O–H groups in total. The SMILES string of the molecule is CC1(Oc2cccc3c2CCCN3)CS(=O)(=O)C1. The van der Waals surface area contributed by atoms with Gasteiger partial charge in [-0.2, -0.15) is 0 Å². The van der Waals surface area contributed by atoms with Crippen molar-refractivity contribution >= 4 is 15.5 Å². The zero-order chi connectivity index (χ0) is 12.8. The lowest BCUT2D eigenvalue weighted by Crippen LogP contribution is -2.56. The summed E-state index contributed by atoms with van der Waals surface area (Å²) in [4.78, 5) is 0. The van der Waals surface area contributed by atoms with E-state index in [4.69, 9.17) is 4.74 Å². The molecule has 3 rings (SSSR count). The first-order chi connectivity index (χ1) is 8.48. The van der Waals surface area contributed by atoms with E-state index < -0.39 is 15.4 Å². The number of sulfone groups is 1. The minimum Gasteiger partial charge on any atom is -0.485 e. The van der Waals surface area contributed by atoms with Crippen LogP contribution in [0.4, 0.5) is 5.69 Å². The lowest BCUT2D eigenvalue weighted by atomic mass is 10.0. The van der Waals surface area contributed by atoms with Crippen LogP contribution in [-0.2, 0) is 16.3 Å². The van der Waals surface area contributed by atoms with Gasteiger partial charge < -0.3 is 10.1 Å². The highest BCUT2D eigenvalue weighted by molar-refractivity contribution is 7.93. The van der Waals surface area contributed by atoms with E-state index in [0.29, 0.717) is 0 Å². The number of hydrogen-bond donors (Lipinski definition) is 1. The van der Waals surface area contributed by atoms with Gasteiger partial charge in [0.25, 0.3) is 0 Å². The summed E-state index contributed by atoms with van der Waals surface area (Å²) >= 11 is 0. The number of ether oxygens (including phenoxy) is 1. The van der Waals surface area contributed by atoms with Crippen molar-refractivity contribution in [2.24, 2.45) is 0 Å². The Morgan fingerprint density at radius 1 is 1.33 bits per heavy atom. The van der Waals surface area contributed by atoms with Crippen LogP contribution in [0, 0.1) is 0 Å². The van der Waals surface area contributed by atoms with Crippen LogP contribution in [0.2, 0.25) is 0 Å². The maximum atomic E-state index is 11.3. The van der Waals surface area contributed by atoms with Gasteiger partial charge in [-0.3, -0.25) is 0 Å². The van der Waals surface area contributed by atoms with Crippen LogP contribution in [0.15, 0.2) is 18.2 Å². The molecule has 0 atom stereocenters. The lowest BCUT2D eigenvalue weighted by molar-refractivity contribution is 0.119. The van der Waals surface area contributed by atoms with Crippen LogP contribution >= 0.6 is 0 Å². The van der Waals surface area contributed by atoms with Crippen LogP contribution in [0.1, 0.15) is 18.9 Å². The molecule has 0 radical (unpaired) electrons. The van der Waals surface area contributed by atoms with E-state index in [1.165, 1.54) is 5.56 Å². The van der Waals surface area contributed by atoms with Gasteiger partial charge in [0.15, 0.2) is 9.84 Å². The Hall–Kier alpha value is -1.23. The molecule has 1 fully saturated rings. The summed E-state index contributed by atoms with van der Waals surface area (Å²) in [6.45, 7) is 2.85. The summed E-state index contributed by atoms with van der Waals surface area (Å²) in [5.74, 6) is 1.07. The Morgan fingerprint density at radius 2 is 2.11 bits per heavy atom. The fourth-order valence-corrected chi connectivity index (χ4v) is 4.68. The summed E-state index contributed by atoms with van der Waals surface area (Å²) in [6.07, 6.45) is 2.07. The van der Waals surface area contributed by atoms with Gasteiger partial charge in [-0.1, -0.05) is 6.07 Å². The van der Waals surface area contributed by atoms with E-state index in [1.54, 1.807) is 0 Å². The molecule has 18 heavy (non-hydrogen) atoms. The molecule has 1 saturated heterocycles. The molecule has 0 amide bonds. The third kappa shape index (κ3) is 2.07. The third-order valence-corrected chi connectivity index (χ3v) is 5.56. The fourth-order valence-electron chi connectivity index (χ4n) is 2.79. The van der Waals surface area contributed by atoms with Gasteiger partial charge in [-0.25, -0.2) is 8.42 Å². The molecule has 0 bridgehead atoms.